The van der Waals surface area contributed by atoms with Crippen molar-refractivity contribution in [2.45, 2.75) is 0 Å². The fraction of sp³-hybridized carbons (Fsp3) is 0.0526. The van der Waals surface area contributed by atoms with E-state index >= 15 is 0 Å². The lowest BCUT2D eigenvalue weighted by Crippen LogP contribution is -1.98. The van der Waals surface area contributed by atoms with Gasteiger partial charge in [0.1, 0.15) is 5.75 Å². The Morgan fingerprint density at radius 2 is 1.80 bits per heavy atom. The molecule has 0 atom stereocenters. The van der Waals surface area contributed by atoms with Crippen molar-refractivity contribution in [2.75, 3.05) is 7.11 Å². The van der Waals surface area contributed by atoms with Gasteiger partial charge >= 0.3 is 0 Å². The summed E-state index contributed by atoms with van der Waals surface area (Å²) >= 11 is 6.07. The quantitative estimate of drug-likeness (QED) is 0.592. The second-order valence-electron chi connectivity index (χ2n) is 5.06. The first-order chi connectivity index (χ1) is 12.1. The van der Waals surface area contributed by atoms with Crippen LogP contribution in [0.1, 0.15) is 10.4 Å². The maximum atomic E-state index is 14.5. The molecule has 126 valence electrons. The zero-order valence-electron chi connectivity index (χ0n) is 13.2. The summed E-state index contributed by atoms with van der Waals surface area (Å²) in [5.41, 5.74) is 0.775. The monoisotopic (exact) mass is 357 g/mol. The summed E-state index contributed by atoms with van der Waals surface area (Å²) in [6.07, 6.45) is 0.616. The van der Waals surface area contributed by atoms with E-state index in [1.165, 1.54) is 19.2 Å². The van der Waals surface area contributed by atoms with Crippen LogP contribution in [0.5, 0.6) is 17.4 Å². The number of rotatable bonds is 5. The number of ether oxygens (including phenoxy) is 2. The molecule has 1 heterocycles. The molecule has 0 radical (unpaired) electrons. The lowest BCUT2D eigenvalue weighted by molar-refractivity contribution is 0.112. The number of nitrogens with zero attached hydrogens (tertiary/aromatic N) is 1. The minimum Gasteiger partial charge on any atom is -0.494 e. The highest BCUT2D eigenvalue weighted by molar-refractivity contribution is 6.32. The van der Waals surface area contributed by atoms with Crippen molar-refractivity contribution in [3.8, 4) is 28.6 Å². The van der Waals surface area contributed by atoms with Crippen molar-refractivity contribution < 1.29 is 18.7 Å². The average Bonchev–Trinajstić information content (AvgIpc) is 2.64. The Morgan fingerprint density at radius 3 is 2.52 bits per heavy atom. The molecule has 0 aliphatic carbocycles. The molecule has 0 N–H and O–H groups in total. The van der Waals surface area contributed by atoms with Gasteiger partial charge in [-0.2, -0.15) is 0 Å². The third-order valence-corrected chi connectivity index (χ3v) is 3.83. The Kier molecular flexibility index (Phi) is 4.95. The number of benzene rings is 2. The number of carbonyl (C=O) groups is 1. The van der Waals surface area contributed by atoms with Gasteiger partial charge in [0.05, 0.1) is 23.4 Å². The molecular weight excluding hydrogens is 345 g/mol. The fourth-order valence-electron chi connectivity index (χ4n) is 2.27. The van der Waals surface area contributed by atoms with Crippen molar-refractivity contribution >= 4 is 17.9 Å². The van der Waals surface area contributed by atoms with Crippen LogP contribution in [0.15, 0.2) is 54.6 Å². The molecule has 0 aliphatic rings. The Balaban J connectivity index is 2.07. The first-order valence-electron chi connectivity index (χ1n) is 7.35. The van der Waals surface area contributed by atoms with Gasteiger partial charge in [0.15, 0.2) is 17.9 Å². The predicted octanol–water partition coefficient (Wildman–Crippen LogP) is 5.15. The third-order valence-electron chi connectivity index (χ3n) is 3.52. The number of hydrogen-bond acceptors (Lipinski definition) is 4. The van der Waals surface area contributed by atoms with Gasteiger partial charge in [0.2, 0.25) is 5.88 Å². The SMILES string of the molecule is COc1cccc(-c2ccc(C=O)c(Oc3ccccc3Cl)n2)c1F. The summed E-state index contributed by atoms with van der Waals surface area (Å²) in [7, 11) is 1.39. The van der Waals surface area contributed by atoms with Crippen LogP contribution in [-0.2, 0) is 0 Å². The summed E-state index contributed by atoms with van der Waals surface area (Å²) in [6, 6.07) is 14.6. The van der Waals surface area contributed by atoms with E-state index < -0.39 is 5.82 Å². The molecule has 4 nitrogen and oxygen atoms in total. The van der Waals surface area contributed by atoms with Gasteiger partial charge in [0, 0.05) is 5.56 Å². The number of carbonyl (C=O) groups excluding carboxylic acids is 1. The lowest BCUT2D eigenvalue weighted by atomic mass is 10.1. The number of methoxy groups -OCH3 is 1. The van der Waals surface area contributed by atoms with Crippen LogP contribution in [0.4, 0.5) is 4.39 Å². The Hall–Kier alpha value is -2.92. The molecule has 2 aromatic carbocycles. The molecule has 3 rings (SSSR count). The molecule has 1 aromatic heterocycles. The minimum atomic E-state index is -0.542. The Bertz CT molecular complexity index is 930. The van der Waals surface area contributed by atoms with E-state index in [-0.39, 0.29) is 22.8 Å². The molecule has 0 bridgehead atoms. The van der Waals surface area contributed by atoms with Gasteiger partial charge < -0.3 is 9.47 Å². The highest BCUT2D eigenvalue weighted by atomic mass is 35.5. The molecule has 3 aromatic rings. The van der Waals surface area contributed by atoms with Gasteiger partial charge in [-0.25, -0.2) is 9.37 Å². The zero-order chi connectivity index (χ0) is 17.8. The summed E-state index contributed by atoms with van der Waals surface area (Å²) in [6.45, 7) is 0. The van der Waals surface area contributed by atoms with Crippen LogP contribution in [0.25, 0.3) is 11.3 Å². The summed E-state index contributed by atoms with van der Waals surface area (Å²) in [4.78, 5) is 15.5. The van der Waals surface area contributed by atoms with Crippen molar-refractivity contribution in [2.24, 2.45) is 0 Å². The molecule has 0 fully saturated rings. The van der Waals surface area contributed by atoms with Gasteiger partial charge in [-0.15, -0.1) is 0 Å². The van der Waals surface area contributed by atoms with E-state index in [4.69, 9.17) is 21.1 Å². The van der Waals surface area contributed by atoms with Crippen LogP contribution >= 0.6 is 11.6 Å². The van der Waals surface area contributed by atoms with Crippen LogP contribution in [-0.4, -0.2) is 18.4 Å². The second kappa shape index (κ2) is 7.32. The molecule has 25 heavy (non-hydrogen) atoms. The van der Waals surface area contributed by atoms with Gasteiger partial charge in [-0.05, 0) is 36.4 Å². The smallest absolute Gasteiger partial charge is 0.230 e. The van der Waals surface area contributed by atoms with Crippen LogP contribution < -0.4 is 9.47 Å². The van der Waals surface area contributed by atoms with Crippen molar-refractivity contribution in [1.29, 1.82) is 0 Å². The molecule has 6 heteroatoms. The number of halogens is 2. The number of para-hydroxylation sites is 1. The van der Waals surface area contributed by atoms with E-state index in [2.05, 4.69) is 4.98 Å². The van der Waals surface area contributed by atoms with E-state index in [9.17, 15) is 9.18 Å². The van der Waals surface area contributed by atoms with Gasteiger partial charge in [-0.1, -0.05) is 29.8 Å². The Morgan fingerprint density at radius 1 is 1.04 bits per heavy atom. The lowest BCUT2D eigenvalue weighted by Gasteiger charge is -2.11. The van der Waals surface area contributed by atoms with Crippen molar-refractivity contribution in [1.82, 2.24) is 4.98 Å². The second-order valence-corrected chi connectivity index (χ2v) is 5.47. The first-order valence-corrected chi connectivity index (χ1v) is 7.73. The van der Waals surface area contributed by atoms with E-state index in [0.29, 0.717) is 22.8 Å². The van der Waals surface area contributed by atoms with Crippen LogP contribution in [0.2, 0.25) is 5.02 Å². The molecule has 0 amide bonds. The molecule has 0 saturated carbocycles. The molecule has 0 aliphatic heterocycles. The summed E-state index contributed by atoms with van der Waals surface area (Å²) < 4.78 is 25.1. The predicted molar refractivity (Wildman–Crippen MR) is 93.1 cm³/mol. The summed E-state index contributed by atoms with van der Waals surface area (Å²) in [5.74, 6) is -0.0433. The highest BCUT2D eigenvalue weighted by Gasteiger charge is 2.15. The van der Waals surface area contributed by atoms with Crippen molar-refractivity contribution in [3.63, 3.8) is 0 Å². The largest absolute Gasteiger partial charge is 0.494 e. The van der Waals surface area contributed by atoms with Crippen molar-refractivity contribution in [3.05, 3.63) is 71.0 Å². The van der Waals surface area contributed by atoms with Gasteiger partial charge in [0.25, 0.3) is 0 Å². The van der Waals surface area contributed by atoms with Crippen LogP contribution in [0.3, 0.4) is 0 Å². The zero-order valence-corrected chi connectivity index (χ0v) is 14.0. The first kappa shape index (κ1) is 16.9. The van der Waals surface area contributed by atoms with E-state index in [1.807, 2.05) is 0 Å². The topological polar surface area (TPSA) is 48.4 Å². The maximum Gasteiger partial charge on any atom is 0.230 e. The highest BCUT2D eigenvalue weighted by Crippen LogP contribution is 2.33. The minimum absolute atomic E-state index is 0.0443. The summed E-state index contributed by atoms with van der Waals surface area (Å²) in [5, 5.41) is 0.374. The number of pyridine rings is 1. The third kappa shape index (κ3) is 3.46. The molecule has 0 spiro atoms. The standard InChI is InChI=1S/C19H13ClFNO3/c1-24-17-8-4-5-13(18(17)21)15-10-9-12(11-23)19(22-15)25-16-7-3-2-6-14(16)20/h2-11H,1H3. The molecule has 0 saturated heterocycles. The molecule has 0 unspecified atom stereocenters. The van der Waals surface area contributed by atoms with Gasteiger partial charge in [-0.3, -0.25) is 4.79 Å². The normalized spacial score (nSPS) is 10.4. The van der Waals surface area contributed by atoms with Crippen LogP contribution in [0, 0.1) is 5.82 Å². The number of aldehydes is 1. The van der Waals surface area contributed by atoms with E-state index in [0.717, 1.165) is 0 Å². The fourth-order valence-corrected chi connectivity index (χ4v) is 2.44. The average molecular weight is 358 g/mol. The number of hydrogen-bond donors (Lipinski definition) is 0. The maximum absolute atomic E-state index is 14.5. The number of aromatic nitrogens is 1. The Labute approximate surface area is 148 Å². The van der Waals surface area contributed by atoms with E-state index in [1.54, 1.807) is 42.5 Å². The molecular formula is C19H13ClFNO3.